The number of nitrogens with one attached hydrogen (secondary N) is 3. The van der Waals surface area contributed by atoms with Gasteiger partial charge in [0.2, 0.25) is 5.91 Å². The molecule has 0 saturated heterocycles. The molecule has 1 aliphatic rings. The van der Waals surface area contributed by atoms with Gasteiger partial charge in [-0.05, 0) is 30.3 Å². The van der Waals surface area contributed by atoms with Crippen LogP contribution in [0.3, 0.4) is 0 Å². The Balaban J connectivity index is 1.86. The van der Waals surface area contributed by atoms with Gasteiger partial charge in [0.05, 0.1) is 24.2 Å². The number of hydrogen-bond acceptors (Lipinski definition) is 5. The zero-order valence-corrected chi connectivity index (χ0v) is 14.2. The Morgan fingerprint density at radius 2 is 1.92 bits per heavy atom. The van der Waals surface area contributed by atoms with Gasteiger partial charge in [0, 0.05) is 18.6 Å². The van der Waals surface area contributed by atoms with Crippen LogP contribution >= 0.6 is 0 Å². The van der Waals surface area contributed by atoms with Crippen LogP contribution in [0.25, 0.3) is 0 Å². The van der Waals surface area contributed by atoms with Crippen LogP contribution in [-0.4, -0.2) is 31.4 Å². The van der Waals surface area contributed by atoms with Gasteiger partial charge in [0.15, 0.2) is 6.61 Å². The van der Waals surface area contributed by atoms with Crippen LogP contribution in [0.15, 0.2) is 36.4 Å². The van der Waals surface area contributed by atoms with E-state index in [9.17, 15) is 14.4 Å². The summed E-state index contributed by atoms with van der Waals surface area (Å²) in [7, 11) is 1.51. The molecule has 2 aromatic rings. The molecule has 3 N–H and O–H groups in total. The minimum absolute atomic E-state index is 0.0531. The van der Waals surface area contributed by atoms with Crippen molar-refractivity contribution in [1.82, 2.24) is 0 Å². The molecule has 134 valence electrons. The summed E-state index contributed by atoms with van der Waals surface area (Å²) in [6, 6.07) is 9.64. The summed E-state index contributed by atoms with van der Waals surface area (Å²) in [4.78, 5) is 35.4. The van der Waals surface area contributed by atoms with Gasteiger partial charge < -0.3 is 25.4 Å². The molecule has 0 atom stereocenters. The zero-order valence-electron chi connectivity index (χ0n) is 14.2. The largest absolute Gasteiger partial charge is 0.497 e. The summed E-state index contributed by atoms with van der Waals surface area (Å²) >= 11 is 0. The van der Waals surface area contributed by atoms with Gasteiger partial charge in [0.25, 0.3) is 11.8 Å². The van der Waals surface area contributed by atoms with Gasteiger partial charge in [0.1, 0.15) is 11.5 Å². The number of hydrogen-bond donors (Lipinski definition) is 3. The van der Waals surface area contributed by atoms with E-state index in [1.165, 1.54) is 20.1 Å². The molecule has 0 radical (unpaired) electrons. The van der Waals surface area contributed by atoms with Crippen molar-refractivity contribution in [2.45, 2.75) is 6.92 Å². The summed E-state index contributed by atoms with van der Waals surface area (Å²) < 4.78 is 10.4. The number of anilines is 3. The first kappa shape index (κ1) is 17.3. The molecule has 0 spiro atoms. The molecule has 0 aromatic heterocycles. The minimum Gasteiger partial charge on any atom is -0.497 e. The van der Waals surface area contributed by atoms with Crippen molar-refractivity contribution in [2.75, 3.05) is 29.7 Å². The predicted molar refractivity (Wildman–Crippen MR) is 95.8 cm³/mol. The molecule has 1 aliphatic heterocycles. The number of rotatable bonds is 4. The number of benzene rings is 2. The second kappa shape index (κ2) is 7.14. The molecule has 26 heavy (non-hydrogen) atoms. The highest BCUT2D eigenvalue weighted by molar-refractivity contribution is 6.08. The van der Waals surface area contributed by atoms with E-state index in [1.807, 2.05) is 0 Å². The van der Waals surface area contributed by atoms with Gasteiger partial charge in [-0.1, -0.05) is 0 Å². The SMILES string of the molecule is COc1ccc(NC(C)=O)c(NC(=O)c2ccc3c(c2)NC(=O)CO3)c1. The first-order valence-electron chi connectivity index (χ1n) is 7.80. The van der Waals surface area contributed by atoms with E-state index >= 15 is 0 Å². The Morgan fingerprint density at radius 1 is 1.12 bits per heavy atom. The molecule has 0 saturated carbocycles. The molecule has 3 rings (SSSR count). The summed E-state index contributed by atoms with van der Waals surface area (Å²) in [5.74, 6) is 0.0737. The molecular weight excluding hydrogens is 338 g/mol. The first-order valence-corrected chi connectivity index (χ1v) is 7.80. The van der Waals surface area contributed by atoms with E-state index in [1.54, 1.807) is 30.3 Å². The Bertz CT molecular complexity index is 894. The van der Waals surface area contributed by atoms with Crippen molar-refractivity contribution in [3.63, 3.8) is 0 Å². The lowest BCUT2D eigenvalue weighted by molar-refractivity contribution is -0.118. The van der Waals surface area contributed by atoms with Crippen molar-refractivity contribution in [1.29, 1.82) is 0 Å². The van der Waals surface area contributed by atoms with Crippen LogP contribution in [0.5, 0.6) is 11.5 Å². The average molecular weight is 355 g/mol. The van der Waals surface area contributed by atoms with Gasteiger partial charge in [-0.15, -0.1) is 0 Å². The number of methoxy groups -OCH3 is 1. The second-order valence-corrected chi connectivity index (χ2v) is 5.59. The third-order valence-electron chi connectivity index (χ3n) is 3.66. The second-order valence-electron chi connectivity index (χ2n) is 5.59. The molecule has 1 heterocycles. The Hall–Kier alpha value is -3.55. The lowest BCUT2D eigenvalue weighted by Crippen LogP contribution is -2.25. The Kier molecular flexibility index (Phi) is 4.74. The molecule has 3 amide bonds. The van der Waals surface area contributed by atoms with E-state index in [4.69, 9.17) is 9.47 Å². The predicted octanol–water partition coefficient (Wildman–Crippen LogP) is 2.24. The number of fused-ring (bicyclic) bond motifs is 1. The van der Waals surface area contributed by atoms with Crippen molar-refractivity contribution in [2.24, 2.45) is 0 Å². The maximum absolute atomic E-state index is 12.6. The van der Waals surface area contributed by atoms with Crippen LogP contribution in [-0.2, 0) is 9.59 Å². The van der Waals surface area contributed by atoms with Crippen LogP contribution in [0, 0.1) is 0 Å². The lowest BCUT2D eigenvalue weighted by atomic mass is 10.1. The lowest BCUT2D eigenvalue weighted by Gasteiger charge is -2.18. The molecule has 2 aromatic carbocycles. The van der Waals surface area contributed by atoms with Gasteiger partial charge in [-0.3, -0.25) is 14.4 Å². The first-order chi connectivity index (χ1) is 12.5. The van der Waals surface area contributed by atoms with E-state index in [2.05, 4.69) is 16.0 Å². The molecule has 8 heteroatoms. The normalized spacial score (nSPS) is 12.3. The molecule has 8 nitrogen and oxygen atoms in total. The number of carbonyl (C=O) groups excluding carboxylic acids is 3. The average Bonchev–Trinajstić information content (AvgIpc) is 2.62. The van der Waals surface area contributed by atoms with E-state index < -0.39 is 5.91 Å². The fourth-order valence-electron chi connectivity index (χ4n) is 2.47. The standard InChI is InChI=1S/C18H17N3O5/c1-10(22)19-13-5-4-12(25-2)8-14(13)21-18(24)11-3-6-16-15(7-11)20-17(23)9-26-16/h3-8H,9H2,1-2H3,(H,19,22)(H,20,23)(H,21,24). The van der Waals surface area contributed by atoms with Crippen molar-refractivity contribution < 1.29 is 23.9 Å². The quantitative estimate of drug-likeness (QED) is 0.780. The third-order valence-corrected chi connectivity index (χ3v) is 3.66. The Labute approximate surface area is 149 Å². The highest BCUT2D eigenvalue weighted by atomic mass is 16.5. The topological polar surface area (TPSA) is 106 Å². The van der Waals surface area contributed by atoms with Crippen molar-refractivity contribution >= 4 is 34.8 Å². The zero-order chi connectivity index (χ0) is 18.7. The van der Waals surface area contributed by atoms with Gasteiger partial charge >= 0.3 is 0 Å². The molecule has 0 unspecified atom stereocenters. The minimum atomic E-state index is -0.410. The summed E-state index contributed by atoms with van der Waals surface area (Å²) in [6.07, 6.45) is 0. The van der Waals surface area contributed by atoms with Gasteiger partial charge in [-0.2, -0.15) is 0 Å². The molecular formula is C18H17N3O5. The number of ether oxygens (including phenoxy) is 2. The monoisotopic (exact) mass is 355 g/mol. The fraction of sp³-hybridized carbons (Fsp3) is 0.167. The van der Waals surface area contributed by atoms with Crippen LogP contribution < -0.4 is 25.4 Å². The van der Waals surface area contributed by atoms with Crippen LogP contribution in [0.4, 0.5) is 17.1 Å². The molecule has 0 aliphatic carbocycles. The third kappa shape index (κ3) is 3.75. The van der Waals surface area contributed by atoms with E-state index in [0.29, 0.717) is 34.1 Å². The highest BCUT2D eigenvalue weighted by Gasteiger charge is 2.18. The van der Waals surface area contributed by atoms with E-state index in [-0.39, 0.29) is 18.4 Å². The van der Waals surface area contributed by atoms with Crippen LogP contribution in [0.2, 0.25) is 0 Å². The smallest absolute Gasteiger partial charge is 0.262 e. The summed E-state index contributed by atoms with van der Waals surface area (Å²) in [5, 5.41) is 8.04. The van der Waals surface area contributed by atoms with E-state index in [0.717, 1.165) is 0 Å². The van der Waals surface area contributed by atoms with Crippen molar-refractivity contribution in [3.8, 4) is 11.5 Å². The summed E-state index contributed by atoms with van der Waals surface area (Å²) in [5.41, 5.74) is 1.59. The number of carbonyl (C=O) groups is 3. The van der Waals surface area contributed by atoms with Gasteiger partial charge in [-0.25, -0.2) is 0 Å². The fourth-order valence-corrected chi connectivity index (χ4v) is 2.47. The Morgan fingerprint density at radius 3 is 2.65 bits per heavy atom. The number of amides is 3. The summed E-state index contributed by atoms with van der Waals surface area (Å²) in [6.45, 7) is 1.32. The molecule has 0 bridgehead atoms. The highest BCUT2D eigenvalue weighted by Crippen LogP contribution is 2.30. The molecule has 0 fully saturated rings. The maximum Gasteiger partial charge on any atom is 0.262 e. The van der Waals surface area contributed by atoms with Crippen molar-refractivity contribution in [3.05, 3.63) is 42.0 Å². The van der Waals surface area contributed by atoms with Crippen LogP contribution in [0.1, 0.15) is 17.3 Å². The maximum atomic E-state index is 12.6.